The summed E-state index contributed by atoms with van der Waals surface area (Å²) in [5, 5.41) is 10.4. The Morgan fingerprint density at radius 3 is 2.14 bits per heavy atom. The SMILES string of the molecule is COc1ccc(OC(C)C([O])=O)cc1. The average molecular weight is 195 g/mol. The van der Waals surface area contributed by atoms with E-state index in [1.807, 2.05) is 0 Å². The smallest absolute Gasteiger partial charge is 0.395 e. The molecule has 1 atom stereocenters. The van der Waals surface area contributed by atoms with Crippen LogP contribution in [0.2, 0.25) is 0 Å². The van der Waals surface area contributed by atoms with E-state index in [0.717, 1.165) is 0 Å². The standard InChI is InChI=1S/C10H11O4/c1-7(10(11)12)14-9-5-3-8(13-2)4-6-9/h3-7H,1-2H3. The molecule has 14 heavy (non-hydrogen) atoms. The molecular formula is C10H11O4. The number of hydrogen-bond acceptors (Lipinski definition) is 3. The molecule has 4 nitrogen and oxygen atoms in total. The lowest BCUT2D eigenvalue weighted by molar-refractivity contribution is -0.150. The summed E-state index contributed by atoms with van der Waals surface area (Å²) in [5.74, 6) is -0.0678. The van der Waals surface area contributed by atoms with Gasteiger partial charge in [-0.15, -0.1) is 0 Å². The zero-order valence-electron chi connectivity index (χ0n) is 8.02. The fourth-order valence-corrected chi connectivity index (χ4v) is 0.907. The van der Waals surface area contributed by atoms with Gasteiger partial charge in [0.1, 0.15) is 11.5 Å². The van der Waals surface area contributed by atoms with Crippen LogP contribution in [-0.2, 0) is 9.90 Å². The van der Waals surface area contributed by atoms with Gasteiger partial charge in [0, 0.05) is 0 Å². The first kappa shape index (κ1) is 10.4. The van der Waals surface area contributed by atoms with E-state index in [1.54, 1.807) is 31.4 Å². The van der Waals surface area contributed by atoms with Crippen LogP contribution in [0, 0.1) is 0 Å². The Hall–Kier alpha value is -1.71. The van der Waals surface area contributed by atoms with Gasteiger partial charge >= 0.3 is 5.97 Å². The summed E-state index contributed by atoms with van der Waals surface area (Å²) in [4.78, 5) is 10.4. The van der Waals surface area contributed by atoms with E-state index in [4.69, 9.17) is 9.47 Å². The van der Waals surface area contributed by atoms with Gasteiger partial charge in [0.25, 0.3) is 0 Å². The predicted octanol–water partition coefficient (Wildman–Crippen LogP) is 1.42. The Bertz CT molecular complexity index is 304. The van der Waals surface area contributed by atoms with E-state index in [1.165, 1.54) is 6.92 Å². The van der Waals surface area contributed by atoms with Gasteiger partial charge in [-0.3, -0.25) is 0 Å². The van der Waals surface area contributed by atoms with Crippen molar-refractivity contribution in [1.82, 2.24) is 0 Å². The van der Waals surface area contributed by atoms with Crippen LogP contribution < -0.4 is 9.47 Å². The maximum atomic E-state index is 10.4. The van der Waals surface area contributed by atoms with Crippen molar-refractivity contribution in [3.63, 3.8) is 0 Å². The average Bonchev–Trinajstić information content (AvgIpc) is 2.19. The minimum Gasteiger partial charge on any atom is -0.497 e. The minimum absolute atomic E-state index is 0.475. The second kappa shape index (κ2) is 4.50. The number of hydrogen-bond donors (Lipinski definition) is 0. The Labute approximate surface area is 82.1 Å². The molecule has 0 aliphatic heterocycles. The fraction of sp³-hybridized carbons (Fsp3) is 0.300. The first-order chi connectivity index (χ1) is 6.63. The summed E-state index contributed by atoms with van der Waals surface area (Å²) < 4.78 is 10.00. The molecule has 0 spiro atoms. The van der Waals surface area contributed by atoms with Gasteiger partial charge in [0.2, 0.25) is 0 Å². The van der Waals surface area contributed by atoms with Crippen LogP contribution in [0.5, 0.6) is 11.5 Å². The summed E-state index contributed by atoms with van der Waals surface area (Å²) in [7, 11) is 1.56. The second-order valence-corrected chi connectivity index (χ2v) is 2.75. The Morgan fingerprint density at radius 1 is 1.21 bits per heavy atom. The third kappa shape index (κ3) is 2.65. The fourth-order valence-electron chi connectivity index (χ4n) is 0.907. The highest BCUT2D eigenvalue weighted by atomic mass is 16.5. The number of methoxy groups -OCH3 is 1. The largest absolute Gasteiger partial charge is 0.497 e. The van der Waals surface area contributed by atoms with Gasteiger partial charge < -0.3 is 9.47 Å². The number of benzene rings is 1. The molecule has 1 rings (SSSR count). The van der Waals surface area contributed by atoms with Crippen LogP contribution in [0.15, 0.2) is 24.3 Å². The normalized spacial score (nSPS) is 11.9. The van der Waals surface area contributed by atoms with Crippen LogP contribution in [0.1, 0.15) is 6.92 Å². The number of carbonyl (C=O) groups is 1. The molecular weight excluding hydrogens is 184 g/mol. The zero-order chi connectivity index (χ0) is 10.6. The maximum Gasteiger partial charge on any atom is 0.395 e. The summed E-state index contributed by atoms with van der Waals surface area (Å²) in [5.41, 5.74) is 0. The number of rotatable bonds is 4. The quantitative estimate of drug-likeness (QED) is 0.730. The molecule has 1 aromatic carbocycles. The van der Waals surface area contributed by atoms with Crippen molar-refractivity contribution in [3.8, 4) is 11.5 Å². The van der Waals surface area contributed by atoms with Gasteiger partial charge in [0.05, 0.1) is 7.11 Å². The van der Waals surface area contributed by atoms with Gasteiger partial charge in [-0.25, -0.2) is 9.90 Å². The summed E-state index contributed by atoms with van der Waals surface area (Å²) in [6.45, 7) is 1.42. The third-order valence-electron chi connectivity index (χ3n) is 1.70. The molecule has 0 aliphatic rings. The second-order valence-electron chi connectivity index (χ2n) is 2.75. The monoisotopic (exact) mass is 195 g/mol. The molecule has 0 saturated carbocycles. The van der Waals surface area contributed by atoms with E-state index >= 15 is 0 Å². The molecule has 0 heterocycles. The molecule has 1 unspecified atom stereocenters. The van der Waals surface area contributed by atoms with Gasteiger partial charge in [-0.2, -0.15) is 0 Å². The van der Waals surface area contributed by atoms with E-state index in [-0.39, 0.29) is 0 Å². The van der Waals surface area contributed by atoms with Crippen LogP contribution in [0.25, 0.3) is 0 Å². The number of carbonyl (C=O) groups excluding carboxylic acids is 1. The molecule has 75 valence electrons. The highest BCUT2D eigenvalue weighted by molar-refractivity contribution is 5.71. The predicted molar refractivity (Wildman–Crippen MR) is 48.8 cm³/mol. The van der Waals surface area contributed by atoms with Gasteiger partial charge in [0.15, 0.2) is 6.10 Å². The van der Waals surface area contributed by atoms with Gasteiger partial charge in [-0.05, 0) is 31.2 Å². The minimum atomic E-state index is -1.24. The van der Waals surface area contributed by atoms with Crippen molar-refractivity contribution in [2.45, 2.75) is 13.0 Å². The molecule has 4 heteroatoms. The molecule has 0 N–H and O–H groups in total. The third-order valence-corrected chi connectivity index (χ3v) is 1.70. The van der Waals surface area contributed by atoms with Crippen LogP contribution in [0.4, 0.5) is 0 Å². The highest BCUT2D eigenvalue weighted by Crippen LogP contribution is 2.18. The lowest BCUT2D eigenvalue weighted by Crippen LogP contribution is -2.21. The maximum absolute atomic E-state index is 10.4. The van der Waals surface area contributed by atoms with Crippen molar-refractivity contribution in [2.75, 3.05) is 7.11 Å². The molecule has 0 bridgehead atoms. The molecule has 0 saturated heterocycles. The van der Waals surface area contributed by atoms with Crippen molar-refractivity contribution < 1.29 is 19.4 Å². The zero-order valence-corrected chi connectivity index (χ0v) is 8.02. The molecule has 0 amide bonds. The number of ether oxygens (including phenoxy) is 2. The first-order valence-electron chi connectivity index (χ1n) is 4.15. The Kier molecular flexibility index (Phi) is 3.34. The highest BCUT2D eigenvalue weighted by Gasteiger charge is 2.14. The summed E-state index contributed by atoms with van der Waals surface area (Å²) in [6, 6.07) is 6.66. The van der Waals surface area contributed by atoms with E-state index in [9.17, 15) is 9.90 Å². The molecule has 1 radical (unpaired) electrons. The van der Waals surface area contributed by atoms with Crippen LogP contribution >= 0.6 is 0 Å². The van der Waals surface area contributed by atoms with Crippen LogP contribution in [0.3, 0.4) is 0 Å². The van der Waals surface area contributed by atoms with E-state index in [0.29, 0.717) is 11.5 Å². The van der Waals surface area contributed by atoms with Crippen molar-refractivity contribution in [3.05, 3.63) is 24.3 Å². The molecule has 0 fully saturated rings. The van der Waals surface area contributed by atoms with Crippen molar-refractivity contribution in [2.24, 2.45) is 0 Å². The van der Waals surface area contributed by atoms with Crippen molar-refractivity contribution >= 4 is 5.97 Å². The van der Waals surface area contributed by atoms with Crippen LogP contribution in [-0.4, -0.2) is 19.2 Å². The van der Waals surface area contributed by atoms with Gasteiger partial charge in [-0.1, -0.05) is 0 Å². The Morgan fingerprint density at radius 2 is 1.71 bits per heavy atom. The lowest BCUT2D eigenvalue weighted by atomic mass is 10.3. The lowest BCUT2D eigenvalue weighted by Gasteiger charge is -2.09. The molecule has 1 aromatic rings. The molecule has 0 aliphatic carbocycles. The summed E-state index contributed by atoms with van der Waals surface area (Å²) >= 11 is 0. The van der Waals surface area contributed by atoms with Crippen molar-refractivity contribution in [1.29, 1.82) is 0 Å². The van der Waals surface area contributed by atoms with E-state index in [2.05, 4.69) is 0 Å². The topological polar surface area (TPSA) is 55.4 Å². The Balaban J connectivity index is 2.64. The van der Waals surface area contributed by atoms with E-state index < -0.39 is 12.1 Å². The summed E-state index contributed by atoms with van der Waals surface area (Å²) in [6.07, 6.45) is -0.955. The first-order valence-corrected chi connectivity index (χ1v) is 4.15. The molecule has 0 aromatic heterocycles.